The van der Waals surface area contributed by atoms with Crippen molar-refractivity contribution in [2.75, 3.05) is 0 Å². The summed E-state index contributed by atoms with van der Waals surface area (Å²) in [6.07, 6.45) is 0. The Kier molecular flexibility index (Phi) is 2.90. The van der Waals surface area contributed by atoms with Gasteiger partial charge in [0.2, 0.25) is 0 Å². The van der Waals surface area contributed by atoms with Gasteiger partial charge in [0.1, 0.15) is 0 Å². The van der Waals surface area contributed by atoms with Gasteiger partial charge in [0.15, 0.2) is 5.69 Å². The van der Waals surface area contributed by atoms with E-state index in [4.69, 9.17) is 16.7 Å². The van der Waals surface area contributed by atoms with Crippen LogP contribution in [0.25, 0.3) is 5.69 Å². The first-order chi connectivity index (χ1) is 7.99. The zero-order chi connectivity index (χ0) is 12.6. The lowest BCUT2D eigenvalue weighted by atomic mass is 10.2. The van der Waals surface area contributed by atoms with E-state index in [0.29, 0.717) is 5.02 Å². The zero-order valence-corrected chi connectivity index (χ0v) is 10.2. The summed E-state index contributed by atoms with van der Waals surface area (Å²) in [4.78, 5) is 10.8. The van der Waals surface area contributed by atoms with Gasteiger partial charge in [-0.3, -0.25) is 0 Å². The number of carboxylic acids is 1. The van der Waals surface area contributed by atoms with E-state index in [2.05, 4.69) is 5.10 Å². The van der Waals surface area contributed by atoms with Gasteiger partial charge in [0.05, 0.1) is 5.69 Å². The number of benzene rings is 1. The molecule has 17 heavy (non-hydrogen) atoms. The van der Waals surface area contributed by atoms with E-state index >= 15 is 0 Å². The lowest BCUT2D eigenvalue weighted by Crippen LogP contribution is -2.03. The summed E-state index contributed by atoms with van der Waals surface area (Å²) in [5, 5.41) is 13.5. The predicted molar refractivity (Wildman–Crippen MR) is 65.0 cm³/mol. The molecule has 0 spiro atoms. The van der Waals surface area contributed by atoms with Crippen LogP contribution in [0, 0.1) is 13.8 Å². The average molecular weight is 251 g/mol. The summed E-state index contributed by atoms with van der Waals surface area (Å²) in [6.45, 7) is 3.73. The Labute approximate surface area is 103 Å². The molecule has 0 fully saturated rings. The van der Waals surface area contributed by atoms with Crippen LogP contribution in [0.5, 0.6) is 0 Å². The van der Waals surface area contributed by atoms with Crippen LogP contribution in [0.4, 0.5) is 0 Å². The molecule has 0 aliphatic carbocycles. The van der Waals surface area contributed by atoms with Crippen molar-refractivity contribution in [2.45, 2.75) is 13.8 Å². The smallest absolute Gasteiger partial charge is 0.356 e. The largest absolute Gasteiger partial charge is 0.476 e. The van der Waals surface area contributed by atoms with Crippen LogP contribution in [0.3, 0.4) is 0 Å². The van der Waals surface area contributed by atoms with Crippen molar-refractivity contribution in [3.05, 3.63) is 46.2 Å². The van der Waals surface area contributed by atoms with Crippen molar-refractivity contribution in [1.29, 1.82) is 0 Å². The van der Waals surface area contributed by atoms with E-state index in [1.165, 1.54) is 6.07 Å². The van der Waals surface area contributed by atoms with E-state index in [0.717, 1.165) is 16.9 Å². The second kappa shape index (κ2) is 4.22. The maximum atomic E-state index is 10.8. The second-order valence-corrected chi connectivity index (χ2v) is 4.26. The fourth-order valence-corrected chi connectivity index (χ4v) is 1.80. The van der Waals surface area contributed by atoms with Crippen LogP contribution in [0.1, 0.15) is 21.7 Å². The van der Waals surface area contributed by atoms with Crippen molar-refractivity contribution in [3.63, 3.8) is 0 Å². The molecule has 0 atom stereocenters. The third-order valence-electron chi connectivity index (χ3n) is 2.51. The van der Waals surface area contributed by atoms with Gasteiger partial charge in [-0.1, -0.05) is 17.7 Å². The third-order valence-corrected chi connectivity index (χ3v) is 2.74. The molecule has 0 saturated heterocycles. The molecule has 0 aliphatic rings. The van der Waals surface area contributed by atoms with Crippen LogP contribution in [-0.4, -0.2) is 20.9 Å². The summed E-state index contributed by atoms with van der Waals surface area (Å²) in [6, 6.07) is 6.96. The van der Waals surface area contributed by atoms with Gasteiger partial charge >= 0.3 is 5.97 Å². The molecule has 0 unspecified atom stereocenters. The number of rotatable bonds is 2. The number of aromatic carboxylic acids is 1. The Morgan fingerprint density at radius 3 is 2.65 bits per heavy atom. The molecule has 0 aliphatic heterocycles. The van der Waals surface area contributed by atoms with Gasteiger partial charge in [0.25, 0.3) is 0 Å². The second-order valence-electron chi connectivity index (χ2n) is 3.82. The lowest BCUT2D eigenvalue weighted by molar-refractivity contribution is 0.0690. The maximum absolute atomic E-state index is 10.8. The number of carboxylic acid groups (broad SMARTS) is 1. The first-order valence-electron chi connectivity index (χ1n) is 5.05. The normalized spacial score (nSPS) is 10.5. The van der Waals surface area contributed by atoms with E-state index in [1.807, 2.05) is 13.0 Å². The van der Waals surface area contributed by atoms with Crippen molar-refractivity contribution >= 4 is 17.6 Å². The Bertz CT molecular complexity index is 590. The SMILES string of the molecule is Cc1ccc(Cl)cc1-n1nc(C(=O)O)cc1C. The van der Waals surface area contributed by atoms with Gasteiger partial charge in [-0.2, -0.15) is 5.10 Å². The van der Waals surface area contributed by atoms with E-state index in [1.54, 1.807) is 23.7 Å². The summed E-state index contributed by atoms with van der Waals surface area (Å²) in [5.41, 5.74) is 2.56. The molecule has 1 heterocycles. The molecular weight excluding hydrogens is 240 g/mol. The molecule has 2 aromatic rings. The highest BCUT2D eigenvalue weighted by molar-refractivity contribution is 6.30. The number of aryl methyl sites for hydroxylation is 2. The molecule has 0 amide bonds. The highest BCUT2D eigenvalue weighted by atomic mass is 35.5. The Morgan fingerprint density at radius 1 is 1.35 bits per heavy atom. The first kappa shape index (κ1) is 11.7. The topological polar surface area (TPSA) is 55.1 Å². The fourth-order valence-electron chi connectivity index (χ4n) is 1.63. The van der Waals surface area contributed by atoms with E-state index in [-0.39, 0.29) is 5.69 Å². The Morgan fingerprint density at radius 2 is 2.06 bits per heavy atom. The molecule has 5 heteroatoms. The number of hydrogen-bond donors (Lipinski definition) is 1. The molecule has 0 radical (unpaired) electrons. The highest BCUT2D eigenvalue weighted by Gasteiger charge is 2.13. The standard InChI is InChI=1S/C12H11ClN2O2/c1-7-3-4-9(13)6-11(7)15-8(2)5-10(14-15)12(16)17/h3-6H,1-2H3,(H,16,17). The van der Waals surface area contributed by atoms with Gasteiger partial charge in [0, 0.05) is 10.7 Å². The average Bonchev–Trinajstić information content (AvgIpc) is 2.64. The van der Waals surface area contributed by atoms with Gasteiger partial charge in [-0.15, -0.1) is 0 Å². The number of aromatic nitrogens is 2. The summed E-state index contributed by atoms with van der Waals surface area (Å²) >= 11 is 5.93. The van der Waals surface area contributed by atoms with Gasteiger partial charge in [-0.05, 0) is 37.6 Å². The highest BCUT2D eigenvalue weighted by Crippen LogP contribution is 2.20. The van der Waals surface area contributed by atoms with Crippen molar-refractivity contribution < 1.29 is 9.90 Å². The van der Waals surface area contributed by atoms with Crippen molar-refractivity contribution in [3.8, 4) is 5.69 Å². The summed E-state index contributed by atoms with van der Waals surface area (Å²) in [5.74, 6) is -1.04. The summed E-state index contributed by atoms with van der Waals surface area (Å²) < 4.78 is 1.59. The van der Waals surface area contributed by atoms with Crippen LogP contribution < -0.4 is 0 Å². The van der Waals surface area contributed by atoms with E-state index in [9.17, 15) is 4.79 Å². The lowest BCUT2D eigenvalue weighted by Gasteiger charge is -2.08. The van der Waals surface area contributed by atoms with Crippen LogP contribution in [-0.2, 0) is 0 Å². The zero-order valence-electron chi connectivity index (χ0n) is 9.44. The van der Waals surface area contributed by atoms with Gasteiger partial charge < -0.3 is 5.11 Å². The van der Waals surface area contributed by atoms with Crippen molar-refractivity contribution in [1.82, 2.24) is 9.78 Å². The minimum atomic E-state index is -1.04. The van der Waals surface area contributed by atoms with E-state index < -0.39 is 5.97 Å². The molecule has 1 aromatic carbocycles. The minimum absolute atomic E-state index is 0.0295. The first-order valence-corrected chi connectivity index (χ1v) is 5.43. The summed E-state index contributed by atoms with van der Waals surface area (Å²) in [7, 11) is 0. The number of halogens is 1. The Hall–Kier alpha value is -1.81. The third kappa shape index (κ3) is 2.17. The van der Waals surface area contributed by atoms with Crippen LogP contribution >= 0.6 is 11.6 Å². The van der Waals surface area contributed by atoms with Crippen LogP contribution in [0.2, 0.25) is 5.02 Å². The molecule has 0 saturated carbocycles. The predicted octanol–water partition coefficient (Wildman–Crippen LogP) is 2.84. The quantitative estimate of drug-likeness (QED) is 0.892. The molecule has 4 nitrogen and oxygen atoms in total. The fraction of sp³-hybridized carbons (Fsp3) is 0.167. The molecule has 1 aromatic heterocycles. The van der Waals surface area contributed by atoms with Crippen LogP contribution in [0.15, 0.2) is 24.3 Å². The molecule has 0 bridgehead atoms. The maximum Gasteiger partial charge on any atom is 0.356 e. The monoisotopic (exact) mass is 250 g/mol. The molecule has 2 rings (SSSR count). The van der Waals surface area contributed by atoms with Crippen molar-refractivity contribution in [2.24, 2.45) is 0 Å². The number of hydrogen-bond acceptors (Lipinski definition) is 2. The minimum Gasteiger partial charge on any atom is -0.476 e. The molecule has 1 N–H and O–H groups in total. The molecular formula is C12H11ClN2O2. The molecule has 88 valence electrons. The Balaban J connectivity index is 2.60. The number of carbonyl (C=O) groups is 1. The van der Waals surface area contributed by atoms with Gasteiger partial charge in [-0.25, -0.2) is 9.48 Å². The number of nitrogens with zero attached hydrogens (tertiary/aromatic N) is 2.